The molecule has 1 amide bonds. The van der Waals surface area contributed by atoms with Crippen LogP contribution in [-0.2, 0) is 20.9 Å². The minimum Gasteiger partial charge on any atom is -0.378 e. The van der Waals surface area contributed by atoms with Gasteiger partial charge < -0.3 is 25.6 Å². The van der Waals surface area contributed by atoms with E-state index in [-0.39, 0.29) is 17.5 Å². The largest absolute Gasteiger partial charge is 0.378 e. The van der Waals surface area contributed by atoms with Gasteiger partial charge in [0.05, 0.1) is 19.3 Å². The molecule has 0 heterocycles. The Bertz CT molecular complexity index is 684. The van der Waals surface area contributed by atoms with Gasteiger partial charge in [0.15, 0.2) is 0 Å². The van der Waals surface area contributed by atoms with Crippen LogP contribution >= 0.6 is 0 Å². The van der Waals surface area contributed by atoms with Gasteiger partial charge in [-0.1, -0.05) is 30.3 Å². The Morgan fingerprint density at radius 1 is 1.18 bits per heavy atom. The first-order chi connectivity index (χ1) is 13.7. The predicted molar refractivity (Wildman–Crippen MR) is 108 cm³/mol. The van der Waals surface area contributed by atoms with E-state index in [0.717, 1.165) is 43.7 Å². The maximum atomic E-state index is 12.6. The van der Waals surface area contributed by atoms with E-state index in [2.05, 4.69) is 10.6 Å². The van der Waals surface area contributed by atoms with Crippen molar-refractivity contribution < 1.29 is 14.3 Å². The van der Waals surface area contributed by atoms with Crippen molar-refractivity contribution in [1.29, 1.82) is 5.41 Å². The lowest BCUT2D eigenvalue weighted by Crippen LogP contribution is -2.45. The van der Waals surface area contributed by atoms with E-state index in [0.29, 0.717) is 31.6 Å². The summed E-state index contributed by atoms with van der Waals surface area (Å²) in [6.45, 7) is 1.39. The van der Waals surface area contributed by atoms with Gasteiger partial charge in [0, 0.05) is 12.8 Å². The van der Waals surface area contributed by atoms with Crippen molar-refractivity contribution in [2.75, 3.05) is 13.2 Å². The Hall–Kier alpha value is -2.47. The second-order valence-electron chi connectivity index (χ2n) is 7.60. The zero-order valence-corrected chi connectivity index (χ0v) is 16.1. The van der Waals surface area contributed by atoms with E-state index in [1.165, 1.54) is 6.08 Å². The standard InChI is InChI=1S/C22H29N3O3/c23-11-10-19(24-12-13-28-15-16-4-2-1-3-5-16)22(27)25-20(14-26)21(17-6-7-17)18-8-9-18/h1-5,10-11,14,17-18,20-21,23-24H,6-9,12-13,15H2,(H,25,27)/b19-10-,23-11?. The van der Waals surface area contributed by atoms with Crippen LogP contribution in [0.4, 0.5) is 0 Å². The number of allylic oxidation sites excluding steroid dienone is 1. The quantitative estimate of drug-likeness (QED) is 0.211. The van der Waals surface area contributed by atoms with Crippen LogP contribution < -0.4 is 10.6 Å². The molecule has 0 saturated heterocycles. The van der Waals surface area contributed by atoms with Gasteiger partial charge in [-0.3, -0.25) is 4.79 Å². The lowest BCUT2D eigenvalue weighted by atomic mass is 9.90. The van der Waals surface area contributed by atoms with Gasteiger partial charge in [0.25, 0.3) is 5.91 Å². The van der Waals surface area contributed by atoms with Gasteiger partial charge in [0.1, 0.15) is 12.0 Å². The molecule has 1 aromatic carbocycles. The lowest BCUT2D eigenvalue weighted by molar-refractivity contribution is -0.122. The average molecular weight is 383 g/mol. The molecule has 2 aliphatic carbocycles. The third-order valence-electron chi connectivity index (χ3n) is 5.36. The molecule has 2 aliphatic rings. The Kier molecular flexibility index (Phi) is 7.37. The summed E-state index contributed by atoms with van der Waals surface area (Å²) in [5.74, 6) is 1.06. The van der Waals surface area contributed by atoms with Crippen molar-refractivity contribution >= 4 is 18.4 Å². The highest BCUT2D eigenvalue weighted by atomic mass is 16.5. The van der Waals surface area contributed by atoms with Crippen molar-refractivity contribution in [2.45, 2.75) is 38.3 Å². The van der Waals surface area contributed by atoms with Gasteiger partial charge in [0.2, 0.25) is 0 Å². The van der Waals surface area contributed by atoms with Crippen LogP contribution in [0.15, 0.2) is 42.1 Å². The summed E-state index contributed by atoms with van der Waals surface area (Å²) in [5, 5.41) is 13.2. The first kappa shape index (κ1) is 20.3. The average Bonchev–Trinajstić information content (AvgIpc) is 3.62. The molecule has 6 heteroatoms. The van der Waals surface area contributed by atoms with Crippen LogP contribution in [0.25, 0.3) is 0 Å². The van der Waals surface area contributed by atoms with Crippen molar-refractivity contribution in [3.05, 3.63) is 47.7 Å². The molecular weight excluding hydrogens is 354 g/mol. The van der Waals surface area contributed by atoms with Crippen LogP contribution in [0.5, 0.6) is 0 Å². The number of rotatable bonds is 13. The van der Waals surface area contributed by atoms with Gasteiger partial charge >= 0.3 is 0 Å². The van der Waals surface area contributed by atoms with Crippen LogP contribution in [0, 0.1) is 23.2 Å². The smallest absolute Gasteiger partial charge is 0.267 e. The molecule has 0 radical (unpaired) electrons. The molecule has 3 N–H and O–H groups in total. The summed E-state index contributed by atoms with van der Waals surface area (Å²) in [4.78, 5) is 24.3. The molecule has 2 saturated carbocycles. The van der Waals surface area contributed by atoms with E-state index in [1.807, 2.05) is 30.3 Å². The number of amides is 1. The monoisotopic (exact) mass is 383 g/mol. The van der Waals surface area contributed by atoms with Gasteiger partial charge in [-0.05, 0) is 55.1 Å². The van der Waals surface area contributed by atoms with Crippen molar-refractivity contribution in [3.63, 3.8) is 0 Å². The zero-order chi connectivity index (χ0) is 19.8. The Labute approximate surface area is 166 Å². The van der Waals surface area contributed by atoms with Crippen LogP contribution in [0.2, 0.25) is 0 Å². The summed E-state index contributed by atoms with van der Waals surface area (Å²) in [6, 6.07) is 9.44. The molecule has 0 aromatic heterocycles. The second kappa shape index (κ2) is 10.2. The first-order valence-electron chi connectivity index (χ1n) is 10.1. The van der Waals surface area contributed by atoms with Crippen LogP contribution in [-0.4, -0.2) is 37.6 Å². The molecule has 1 atom stereocenters. The number of nitrogens with one attached hydrogen (secondary N) is 3. The van der Waals surface area contributed by atoms with E-state index in [9.17, 15) is 9.59 Å². The Morgan fingerprint density at radius 3 is 2.43 bits per heavy atom. The summed E-state index contributed by atoms with van der Waals surface area (Å²) in [5.41, 5.74) is 1.38. The number of ether oxygens (including phenoxy) is 1. The van der Waals surface area contributed by atoms with E-state index < -0.39 is 6.04 Å². The summed E-state index contributed by atoms with van der Waals surface area (Å²) in [7, 11) is 0. The van der Waals surface area contributed by atoms with Gasteiger partial charge in [-0.25, -0.2) is 0 Å². The Balaban J connectivity index is 1.45. The van der Waals surface area contributed by atoms with E-state index in [1.54, 1.807) is 0 Å². The fraction of sp³-hybridized carbons (Fsp3) is 0.500. The molecule has 3 rings (SSSR count). The molecule has 6 nitrogen and oxygen atoms in total. The number of aldehydes is 1. The predicted octanol–water partition coefficient (Wildman–Crippen LogP) is 2.45. The van der Waals surface area contributed by atoms with Gasteiger partial charge in [-0.15, -0.1) is 0 Å². The number of carbonyl (C=O) groups excluding carboxylic acids is 2. The Morgan fingerprint density at radius 2 is 1.86 bits per heavy atom. The fourth-order valence-corrected chi connectivity index (χ4v) is 3.70. The molecule has 1 unspecified atom stereocenters. The third kappa shape index (κ3) is 6.02. The number of hydrogen-bond donors (Lipinski definition) is 3. The molecule has 0 spiro atoms. The molecular formula is C22H29N3O3. The molecule has 0 bridgehead atoms. The molecule has 2 fully saturated rings. The minimum atomic E-state index is -0.447. The third-order valence-corrected chi connectivity index (χ3v) is 5.36. The summed E-state index contributed by atoms with van der Waals surface area (Å²) >= 11 is 0. The summed E-state index contributed by atoms with van der Waals surface area (Å²) in [6.07, 6.45) is 7.98. The molecule has 1 aromatic rings. The minimum absolute atomic E-state index is 0.261. The summed E-state index contributed by atoms with van der Waals surface area (Å²) < 4.78 is 5.61. The van der Waals surface area contributed by atoms with Crippen molar-refractivity contribution in [3.8, 4) is 0 Å². The number of benzene rings is 1. The van der Waals surface area contributed by atoms with Crippen LogP contribution in [0.1, 0.15) is 31.2 Å². The normalized spacial score (nSPS) is 17.8. The highest BCUT2D eigenvalue weighted by molar-refractivity contribution is 5.97. The van der Waals surface area contributed by atoms with Crippen molar-refractivity contribution in [1.82, 2.24) is 10.6 Å². The molecule has 150 valence electrons. The van der Waals surface area contributed by atoms with Gasteiger partial charge in [-0.2, -0.15) is 0 Å². The highest BCUT2D eigenvalue weighted by Crippen LogP contribution is 2.50. The van der Waals surface area contributed by atoms with E-state index in [4.69, 9.17) is 10.1 Å². The maximum absolute atomic E-state index is 12.6. The molecule has 0 aliphatic heterocycles. The van der Waals surface area contributed by atoms with E-state index >= 15 is 0 Å². The van der Waals surface area contributed by atoms with Crippen LogP contribution in [0.3, 0.4) is 0 Å². The first-order valence-corrected chi connectivity index (χ1v) is 10.1. The zero-order valence-electron chi connectivity index (χ0n) is 16.1. The fourth-order valence-electron chi connectivity index (χ4n) is 3.70. The lowest BCUT2D eigenvalue weighted by Gasteiger charge is -2.24. The SMILES string of the molecule is N=C/C=C(\NCCOCc1ccccc1)C(=O)NC(C=O)C(C1CC1)C1CC1. The number of carbonyl (C=O) groups is 2. The molecule has 28 heavy (non-hydrogen) atoms. The topological polar surface area (TPSA) is 91.3 Å². The second-order valence-corrected chi connectivity index (χ2v) is 7.60. The van der Waals surface area contributed by atoms with Crippen molar-refractivity contribution in [2.24, 2.45) is 17.8 Å². The maximum Gasteiger partial charge on any atom is 0.267 e. The highest BCUT2D eigenvalue weighted by Gasteiger charge is 2.46. The number of hydrogen-bond acceptors (Lipinski definition) is 5.